The van der Waals surface area contributed by atoms with Gasteiger partial charge in [0.05, 0.1) is 5.41 Å². The first kappa shape index (κ1) is 25.2. The van der Waals surface area contributed by atoms with E-state index >= 15 is 0 Å². The highest BCUT2D eigenvalue weighted by Crippen LogP contribution is 2.65. The Labute approximate surface area is 273 Å². The maximum absolute atomic E-state index is 2.46. The van der Waals surface area contributed by atoms with Gasteiger partial charge in [0.2, 0.25) is 0 Å². The molecule has 0 unspecified atom stereocenters. The molecule has 9 aromatic carbocycles. The van der Waals surface area contributed by atoms with Gasteiger partial charge in [-0.3, -0.25) is 0 Å². The van der Waals surface area contributed by atoms with Crippen molar-refractivity contribution in [3.05, 3.63) is 192 Å². The molecule has 0 heteroatoms. The van der Waals surface area contributed by atoms with Gasteiger partial charge < -0.3 is 0 Å². The number of hydrogen-bond donors (Lipinski definition) is 0. The summed E-state index contributed by atoms with van der Waals surface area (Å²) in [4.78, 5) is 0. The van der Waals surface area contributed by atoms with E-state index in [2.05, 4.69) is 170 Å². The largest absolute Gasteiger partial charge is 0.0731 e. The Hall–Kier alpha value is -5.98. The molecule has 0 saturated carbocycles. The molecule has 0 atom stereocenters. The molecule has 9 aromatic rings. The topological polar surface area (TPSA) is 0 Å². The van der Waals surface area contributed by atoms with E-state index in [1.165, 1.54) is 98.7 Å². The minimum atomic E-state index is -0.394. The highest BCUT2D eigenvalue weighted by atomic mass is 14.5. The van der Waals surface area contributed by atoms with Gasteiger partial charge >= 0.3 is 0 Å². The molecule has 0 bridgehead atoms. The van der Waals surface area contributed by atoms with E-state index in [4.69, 9.17) is 0 Å². The molecular weight excluding hydrogens is 565 g/mol. The van der Waals surface area contributed by atoms with Crippen LogP contribution in [0, 0.1) is 0 Å². The molecular formula is C47H28. The molecule has 2 aliphatic carbocycles. The Bertz CT molecular complexity index is 2720. The second-order valence-corrected chi connectivity index (χ2v) is 13.1. The smallest absolute Gasteiger partial charge is 0.0619 e. The van der Waals surface area contributed by atoms with Crippen LogP contribution in [0.5, 0.6) is 0 Å². The van der Waals surface area contributed by atoms with Crippen molar-refractivity contribution in [2.24, 2.45) is 0 Å². The maximum Gasteiger partial charge on any atom is 0.0731 e. The first-order valence-corrected chi connectivity index (χ1v) is 16.5. The van der Waals surface area contributed by atoms with Crippen molar-refractivity contribution in [2.75, 3.05) is 0 Å². The fourth-order valence-corrected chi connectivity index (χ4v) is 9.28. The van der Waals surface area contributed by atoms with Gasteiger partial charge in [0.1, 0.15) is 0 Å². The molecule has 1 spiro atoms. The van der Waals surface area contributed by atoms with E-state index in [1.807, 2.05) is 0 Å². The zero-order valence-electron chi connectivity index (χ0n) is 25.7. The summed E-state index contributed by atoms with van der Waals surface area (Å²) in [5, 5.41) is 10.4. The summed E-state index contributed by atoms with van der Waals surface area (Å²) < 4.78 is 0. The van der Waals surface area contributed by atoms with E-state index < -0.39 is 5.41 Å². The van der Waals surface area contributed by atoms with Gasteiger partial charge in [-0.1, -0.05) is 158 Å². The molecule has 0 radical (unpaired) electrons. The quantitative estimate of drug-likeness (QED) is 0.166. The predicted octanol–water partition coefficient (Wildman–Crippen LogP) is 12.3. The number of benzene rings is 9. The van der Waals surface area contributed by atoms with Crippen LogP contribution in [-0.2, 0) is 5.41 Å². The number of rotatable bonds is 1. The van der Waals surface area contributed by atoms with E-state index in [9.17, 15) is 0 Å². The minimum Gasteiger partial charge on any atom is -0.0619 e. The summed E-state index contributed by atoms with van der Waals surface area (Å²) in [7, 11) is 0. The van der Waals surface area contributed by atoms with Crippen LogP contribution in [0.3, 0.4) is 0 Å². The number of hydrogen-bond acceptors (Lipinski definition) is 0. The molecule has 0 nitrogen and oxygen atoms in total. The zero-order chi connectivity index (χ0) is 30.7. The van der Waals surface area contributed by atoms with Crippen molar-refractivity contribution in [1.29, 1.82) is 0 Å². The van der Waals surface area contributed by atoms with Crippen molar-refractivity contribution in [3.63, 3.8) is 0 Å². The minimum absolute atomic E-state index is 0.394. The molecule has 0 aromatic heterocycles. The summed E-state index contributed by atoms with van der Waals surface area (Å²) in [6.45, 7) is 0. The molecule has 47 heavy (non-hydrogen) atoms. The number of fused-ring (bicyclic) bond motifs is 18. The fraction of sp³-hybridized carbons (Fsp3) is 0.0213. The molecule has 11 rings (SSSR count). The molecule has 0 aliphatic heterocycles. The summed E-state index contributed by atoms with van der Waals surface area (Å²) in [6.07, 6.45) is 0. The average molecular weight is 593 g/mol. The van der Waals surface area contributed by atoms with E-state index in [0.717, 1.165) is 0 Å². The maximum atomic E-state index is 2.46. The van der Waals surface area contributed by atoms with E-state index in [0.29, 0.717) is 0 Å². The van der Waals surface area contributed by atoms with Crippen LogP contribution in [0.4, 0.5) is 0 Å². The lowest BCUT2D eigenvalue weighted by molar-refractivity contribution is 0.801. The Kier molecular flexibility index (Phi) is 4.86. The molecule has 216 valence electrons. The lowest BCUT2D eigenvalue weighted by Crippen LogP contribution is -2.26. The molecule has 2 aliphatic rings. The average Bonchev–Trinajstić information content (AvgIpc) is 3.62. The van der Waals surface area contributed by atoms with Crippen LogP contribution in [0.15, 0.2) is 170 Å². The van der Waals surface area contributed by atoms with Gasteiger partial charge in [-0.15, -0.1) is 0 Å². The van der Waals surface area contributed by atoms with Crippen LogP contribution >= 0.6 is 0 Å². The van der Waals surface area contributed by atoms with Crippen LogP contribution < -0.4 is 0 Å². The van der Waals surface area contributed by atoms with Crippen molar-refractivity contribution in [3.8, 4) is 33.4 Å². The Balaban J connectivity index is 1.32. The second kappa shape index (κ2) is 9.06. The lowest BCUT2D eigenvalue weighted by Gasteiger charge is -2.31. The monoisotopic (exact) mass is 592 g/mol. The van der Waals surface area contributed by atoms with Crippen molar-refractivity contribution < 1.29 is 0 Å². The first-order valence-electron chi connectivity index (χ1n) is 16.5. The standard InChI is InChI=1S/C47H28/c1-2-14-31-29(13-1)27-40(30-25-26-36-34-17-4-3-15-32(34)33-16-5-6-18-35(33)41(36)28-30)45-39-21-9-12-24-44(39)47(46(31)45)42-22-10-7-19-37(42)38-20-8-11-23-43(38)47/h1-28H. The summed E-state index contributed by atoms with van der Waals surface area (Å²) in [5.74, 6) is 0. The van der Waals surface area contributed by atoms with Gasteiger partial charge in [-0.05, 0) is 111 Å². The second-order valence-electron chi connectivity index (χ2n) is 13.1. The van der Waals surface area contributed by atoms with E-state index in [-0.39, 0.29) is 0 Å². The van der Waals surface area contributed by atoms with Gasteiger partial charge in [-0.25, -0.2) is 0 Å². The van der Waals surface area contributed by atoms with Gasteiger partial charge in [-0.2, -0.15) is 0 Å². The zero-order valence-corrected chi connectivity index (χ0v) is 25.7. The van der Waals surface area contributed by atoms with Gasteiger partial charge in [0.15, 0.2) is 0 Å². The first-order chi connectivity index (χ1) is 23.3. The summed E-state index contributed by atoms with van der Waals surface area (Å²) in [5.41, 5.74) is 13.1. The Morgan fingerprint density at radius 1 is 0.298 bits per heavy atom. The highest BCUT2D eigenvalue weighted by molar-refractivity contribution is 6.26. The predicted molar refractivity (Wildman–Crippen MR) is 198 cm³/mol. The van der Waals surface area contributed by atoms with Crippen LogP contribution in [0.1, 0.15) is 22.3 Å². The third-order valence-corrected chi connectivity index (χ3v) is 11.0. The third-order valence-electron chi connectivity index (χ3n) is 11.0. The van der Waals surface area contributed by atoms with Crippen molar-refractivity contribution in [2.45, 2.75) is 5.41 Å². The summed E-state index contributed by atoms with van der Waals surface area (Å²) >= 11 is 0. The molecule has 0 N–H and O–H groups in total. The molecule has 0 heterocycles. The van der Waals surface area contributed by atoms with Crippen LogP contribution in [-0.4, -0.2) is 0 Å². The Morgan fingerprint density at radius 3 is 1.36 bits per heavy atom. The molecule has 0 fully saturated rings. The molecule has 0 saturated heterocycles. The van der Waals surface area contributed by atoms with Crippen LogP contribution in [0.25, 0.3) is 76.5 Å². The van der Waals surface area contributed by atoms with E-state index in [1.54, 1.807) is 0 Å². The van der Waals surface area contributed by atoms with Crippen LogP contribution in [0.2, 0.25) is 0 Å². The van der Waals surface area contributed by atoms with Gasteiger partial charge in [0, 0.05) is 0 Å². The van der Waals surface area contributed by atoms with Crippen molar-refractivity contribution >= 4 is 43.1 Å². The van der Waals surface area contributed by atoms with Crippen molar-refractivity contribution in [1.82, 2.24) is 0 Å². The fourth-order valence-electron chi connectivity index (χ4n) is 9.28. The summed E-state index contributed by atoms with van der Waals surface area (Å²) in [6, 6.07) is 63.8. The molecule has 0 amide bonds. The third kappa shape index (κ3) is 3.08. The SMILES string of the molecule is c1ccc2c(c1)-c1ccccc1C21c2ccccc2-c2c(-c3ccc4c5ccccc5c5ccccc5c4c3)cc3ccccc3c21. The Morgan fingerprint density at radius 2 is 0.745 bits per heavy atom. The normalized spacial score (nSPS) is 13.7. The lowest BCUT2D eigenvalue weighted by atomic mass is 9.69. The van der Waals surface area contributed by atoms with Gasteiger partial charge in [0.25, 0.3) is 0 Å². The highest BCUT2D eigenvalue weighted by Gasteiger charge is 2.52.